The van der Waals surface area contributed by atoms with E-state index in [0.717, 1.165) is 25.2 Å². The van der Waals surface area contributed by atoms with Crippen molar-refractivity contribution in [1.82, 2.24) is 15.1 Å². The number of nitrogens with zero attached hydrogens (tertiary/aromatic N) is 2. The zero-order valence-corrected chi connectivity index (χ0v) is 22.9. The Balaban J connectivity index is 1.49. The number of ether oxygens (including phenoxy) is 1. The number of benzene rings is 2. The molecule has 1 fully saturated rings. The second kappa shape index (κ2) is 11.8. The van der Waals surface area contributed by atoms with Gasteiger partial charge < -0.3 is 15.0 Å². The lowest BCUT2D eigenvalue weighted by molar-refractivity contribution is 0.0628. The Labute approximate surface area is 220 Å². The van der Waals surface area contributed by atoms with Crippen molar-refractivity contribution < 1.29 is 19.1 Å². The molecule has 8 nitrogen and oxygen atoms in total. The highest BCUT2D eigenvalue weighted by Crippen LogP contribution is 2.17. The average molecular weight is 509 g/mol. The summed E-state index contributed by atoms with van der Waals surface area (Å²) in [6, 6.07) is 14.6. The zero-order chi connectivity index (χ0) is 27.2. The van der Waals surface area contributed by atoms with Crippen LogP contribution >= 0.6 is 0 Å². The van der Waals surface area contributed by atoms with E-state index < -0.39 is 6.09 Å². The summed E-state index contributed by atoms with van der Waals surface area (Å²) in [5, 5.41) is 5.69. The number of hydrogen-bond donors (Lipinski definition) is 2. The van der Waals surface area contributed by atoms with Crippen LogP contribution in [0.15, 0.2) is 48.5 Å². The van der Waals surface area contributed by atoms with Gasteiger partial charge in [-0.05, 0) is 68.1 Å². The van der Waals surface area contributed by atoms with Crippen LogP contribution in [-0.2, 0) is 11.3 Å². The predicted molar refractivity (Wildman–Crippen MR) is 146 cm³/mol. The molecule has 8 heteroatoms. The van der Waals surface area contributed by atoms with Gasteiger partial charge in [-0.3, -0.25) is 19.8 Å². The van der Waals surface area contributed by atoms with Gasteiger partial charge in [-0.1, -0.05) is 32.9 Å². The predicted octanol–water partition coefficient (Wildman–Crippen LogP) is 4.77. The van der Waals surface area contributed by atoms with Crippen LogP contribution in [-0.4, -0.2) is 66.0 Å². The Hall–Kier alpha value is -3.39. The third-order valence-corrected chi connectivity index (χ3v) is 5.76. The number of carbonyl (C=O) groups excluding carboxylic acids is 3. The Kier molecular flexibility index (Phi) is 8.97. The summed E-state index contributed by atoms with van der Waals surface area (Å²) in [4.78, 5) is 41.6. The molecule has 0 radical (unpaired) electrons. The van der Waals surface area contributed by atoms with E-state index in [0.29, 0.717) is 36.5 Å². The van der Waals surface area contributed by atoms with E-state index in [-0.39, 0.29) is 22.8 Å². The molecule has 1 saturated heterocycles. The Morgan fingerprint density at radius 3 is 2.11 bits per heavy atom. The van der Waals surface area contributed by atoms with E-state index in [1.54, 1.807) is 24.3 Å². The van der Waals surface area contributed by atoms with Crippen LogP contribution in [0.2, 0.25) is 0 Å². The second-order valence-corrected chi connectivity index (χ2v) is 11.8. The van der Waals surface area contributed by atoms with E-state index in [2.05, 4.69) is 15.5 Å². The monoisotopic (exact) mass is 508 g/mol. The van der Waals surface area contributed by atoms with Gasteiger partial charge in [0, 0.05) is 55.1 Å². The van der Waals surface area contributed by atoms with Crippen molar-refractivity contribution in [2.75, 3.05) is 38.1 Å². The maximum Gasteiger partial charge on any atom is 0.411 e. The van der Waals surface area contributed by atoms with Crippen molar-refractivity contribution >= 4 is 23.6 Å². The van der Waals surface area contributed by atoms with Crippen LogP contribution in [0.1, 0.15) is 67.8 Å². The van der Waals surface area contributed by atoms with Gasteiger partial charge in [0.1, 0.15) is 0 Å². The lowest BCUT2D eigenvalue weighted by Crippen LogP contribution is -2.48. The van der Waals surface area contributed by atoms with Gasteiger partial charge in [-0.15, -0.1) is 0 Å². The first-order valence-electron chi connectivity index (χ1n) is 12.8. The highest BCUT2D eigenvalue weighted by atomic mass is 16.5. The van der Waals surface area contributed by atoms with Gasteiger partial charge in [-0.25, -0.2) is 4.79 Å². The summed E-state index contributed by atoms with van der Waals surface area (Å²) in [5.41, 5.74) is 2.50. The molecule has 2 N–H and O–H groups in total. The van der Waals surface area contributed by atoms with E-state index in [9.17, 15) is 14.4 Å². The largest absolute Gasteiger partial charge is 0.449 e. The smallest absolute Gasteiger partial charge is 0.411 e. The molecule has 0 aromatic heterocycles. The minimum atomic E-state index is -0.509. The minimum Gasteiger partial charge on any atom is -0.449 e. The van der Waals surface area contributed by atoms with Crippen LogP contribution in [0.25, 0.3) is 0 Å². The second-order valence-electron chi connectivity index (χ2n) is 11.8. The molecular formula is C29H40N4O4. The Morgan fingerprint density at radius 1 is 0.865 bits per heavy atom. The van der Waals surface area contributed by atoms with Crippen LogP contribution in [0.4, 0.5) is 10.5 Å². The van der Waals surface area contributed by atoms with Gasteiger partial charge in [0.05, 0.1) is 6.61 Å². The first-order chi connectivity index (χ1) is 17.3. The van der Waals surface area contributed by atoms with Crippen molar-refractivity contribution in [3.05, 3.63) is 65.2 Å². The van der Waals surface area contributed by atoms with E-state index in [4.69, 9.17) is 4.74 Å². The van der Waals surface area contributed by atoms with Gasteiger partial charge in [-0.2, -0.15) is 0 Å². The summed E-state index contributed by atoms with van der Waals surface area (Å²) < 4.78 is 5.22. The number of anilines is 1. The van der Waals surface area contributed by atoms with Gasteiger partial charge in [0.25, 0.3) is 11.8 Å². The van der Waals surface area contributed by atoms with Crippen LogP contribution in [0.3, 0.4) is 0 Å². The van der Waals surface area contributed by atoms with Crippen molar-refractivity contribution in [3.8, 4) is 0 Å². The normalized spacial score (nSPS) is 14.7. The quantitative estimate of drug-likeness (QED) is 0.587. The molecule has 1 heterocycles. The highest BCUT2D eigenvalue weighted by Gasteiger charge is 2.23. The minimum absolute atomic E-state index is 0.0256. The Morgan fingerprint density at radius 2 is 1.51 bits per heavy atom. The third kappa shape index (κ3) is 9.21. The molecule has 0 atom stereocenters. The molecule has 0 bridgehead atoms. The molecule has 3 rings (SSSR count). The molecular weight excluding hydrogens is 468 g/mol. The lowest BCUT2D eigenvalue weighted by Gasteiger charge is -2.35. The van der Waals surface area contributed by atoms with Crippen LogP contribution < -0.4 is 10.6 Å². The summed E-state index contributed by atoms with van der Waals surface area (Å²) in [5.74, 6) is -0.102. The standard InChI is InChI=1S/C29H40N4O4/c1-28(2,3)20-37-27(36)30-24-12-10-22(11-13-24)26(35)33-16-14-32(15-17-33)19-21-8-7-9-23(18-21)25(34)31-29(4,5)6/h7-13,18H,14-17,19-20H2,1-6H3,(H,30,36)(H,31,34). The lowest BCUT2D eigenvalue weighted by atomic mass is 9.99. The molecule has 2 aromatic carbocycles. The summed E-state index contributed by atoms with van der Waals surface area (Å²) in [6.45, 7) is 15.7. The molecule has 200 valence electrons. The summed E-state index contributed by atoms with van der Waals surface area (Å²) in [7, 11) is 0. The molecule has 37 heavy (non-hydrogen) atoms. The van der Waals surface area contributed by atoms with Crippen molar-refractivity contribution in [1.29, 1.82) is 0 Å². The first kappa shape index (κ1) is 28.2. The highest BCUT2D eigenvalue weighted by molar-refractivity contribution is 5.95. The van der Waals surface area contributed by atoms with Crippen LogP contribution in [0, 0.1) is 5.41 Å². The van der Waals surface area contributed by atoms with E-state index in [1.807, 2.05) is 70.7 Å². The molecule has 0 saturated carbocycles. The fourth-order valence-electron chi connectivity index (χ4n) is 3.91. The summed E-state index contributed by atoms with van der Waals surface area (Å²) in [6.07, 6.45) is -0.509. The van der Waals surface area contributed by atoms with E-state index in [1.165, 1.54) is 0 Å². The molecule has 1 aliphatic heterocycles. The number of hydrogen-bond acceptors (Lipinski definition) is 5. The molecule has 0 spiro atoms. The van der Waals surface area contributed by atoms with Crippen molar-refractivity contribution in [2.24, 2.45) is 5.41 Å². The maximum absolute atomic E-state index is 13.0. The fourth-order valence-corrected chi connectivity index (χ4v) is 3.91. The number of amides is 3. The van der Waals surface area contributed by atoms with Gasteiger partial charge in [0.15, 0.2) is 0 Å². The van der Waals surface area contributed by atoms with Gasteiger partial charge >= 0.3 is 6.09 Å². The number of nitrogens with one attached hydrogen (secondary N) is 2. The molecule has 2 aromatic rings. The SMILES string of the molecule is CC(C)(C)COC(=O)Nc1ccc(C(=O)N2CCN(Cc3cccc(C(=O)NC(C)(C)C)c3)CC2)cc1. The van der Waals surface area contributed by atoms with E-state index >= 15 is 0 Å². The molecule has 0 aliphatic carbocycles. The number of piperazine rings is 1. The topological polar surface area (TPSA) is 91.0 Å². The van der Waals surface area contributed by atoms with Crippen LogP contribution in [0.5, 0.6) is 0 Å². The Bertz CT molecular complexity index is 1090. The van der Waals surface area contributed by atoms with Gasteiger partial charge in [0.2, 0.25) is 0 Å². The number of rotatable bonds is 6. The molecule has 1 aliphatic rings. The average Bonchev–Trinajstić information content (AvgIpc) is 2.82. The maximum atomic E-state index is 13.0. The zero-order valence-electron chi connectivity index (χ0n) is 22.9. The third-order valence-electron chi connectivity index (χ3n) is 5.76. The number of carbonyl (C=O) groups is 3. The molecule has 3 amide bonds. The van der Waals surface area contributed by atoms with Crippen molar-refractivity contribution in [2.45, 2.75) is 53.6 Å². The molecule has 0 unspecified atom stereocenters. The summed E-state index contributed by atoms with van der Waals surface area (Å²) >= 11 is 0. The first-order valence-corrected chi connectivity index (χ1v) is 12.8. The fraction of sp³-hybridized carbons (Fsp3) is 0.483. The van der Waals surface area contributed by atoms with Crippen molar-refractivity contribution in [3.63, 3.8) is 0 Å².